The van der Waals surface area contributed by atoms with E-state index >= 15 is 0 Å². The van der Waals surface area contributed by atoms with Crippen LogP contribution in [0.5, 0.6) is 0 Å². The number of hydrogen-bond donors (Lipinski definition) is 3. The standard InChI is InChI=1S/C27H28F2N4O4/c1-17(2)33-27(30-31-32-33)24(6-4-3-5-22(34)15-23(35)16-25(36)37)26(18-7-11-20(28)12-8-18)19-9-13-21(29)14-10-19/h3-14,17,22-23,34-35H,15-16H2,1-2H3,(H,36,37)/b5-3+,6-4+. The highest BCUT2D eigenvalue weighted by Crippen LogP contribution is 2.33. The van der Waals surface area contributed by atoms with Gasteiger partial charge in [0.2, 0.25) is 0 Å². The molecule has 8 nitrogen and oxygen atoms in total. The number of carbonyl (C=O) groups is 1. The van der Waals surface area contributed by atoms with Crippen molar-refractivity contribution < 1.29 is 28.9 Å². The van der Waals surface area contributed by atoms with Crippen molar-refractivity contribution in [3.8, 4) is 0 Å². The summed E-state index contributed by atoms with van der Waals surface area (Å²) in [6, 6.07) is 11.6. The first kappa shape index (κ1) is 27.6. The quantitative estimate of drug-likeness (QED) is 0.331. The van der Waals surface area contributed by atoms with Gasteiger partial charge in [-0.2, -0.15) is 0 Å². The average Bonchev–Trinajstić information content (AvgIpc) is 3.32. The van der Waals surface area contributed by atoms with Gasteiger partial charge >= 0.3 is 5.97 Å². The van der Waals surface area contributed by atoms with Crippen LogP contribution in [-0.4, -0.2) is 53.7 Å². The second-order valence-electron chi connectivity index (χ2n) is 8.64. The predicted molar refractivity (Wildman–Crippen MR) is 134 cm³/mol. The summed E-state index contributed by atoms with van der Waals surface area (Å²) in [5.41, 5.74) is 2.47. The molecule has 0 aliphatic heterocycles. The highest BCUT2D eigenvalue weighted by molar-refractivity contribution is 6.01. The maximum absolute atomic E-state index is 13.7. The Balaban J connectivity index is 2.10. The summed E-state index contributed by atoms with van der Waals surface area (Å²) in [4.78, 5) is 10.7. The van der Waals surface area contributed by atoms with Crippen LogP contribution in [0.15, 0.2) is 72.8 Å². The van der Waals surface area contributed by atoms with E-state index in [1.54, 1.807) is 47.2 Å². The van der Waals surface area contributed by atoms with E-state index in [1.807, 2.05) is 13.8 Å². The molecule has 2 aromatic carbocycles. The minimum Gasteiger partial charge on any atom is -0.481 e. The third kappa shape index (κ3) is 7.73. The molecule has 0 amide bonds. The van der Waals surface area contributed by atoms with Gasteiger partial charge in [0.1, 0.15) is 11.6 Å². The van der Waals surface area contributed by atoms with Crippen LogP contribution in [0.4, 0.5) is 8.78 Å². The molecule has 0 aliphatic carbocycles. The van der Waals surface area contributed by atoms with Crippen LogP contribution < -0.4 is 0 Å². The smallest absolute Gasteiger partial charge is 0.305 e. The number of hydrogen-bond acceptors (Lipinski definition) is 6. The second-order valence-corrected chi connectivity index (χ2v) is 8.64. The van der Waals surface area contributed by atoms with Crippen molar-refractivity contribution in [3.05, 3.63) is 101 Å². The zero-order valence-electron chi connectivity index (χ0n) is 20.4. The van der Waals surface area contributed by atoms with Crippen molar-refractivity contribution in [1.29, 1.82) is 0 Å². The van der Waals surface area contributed by atoms with E-state index in [0.717, 1.165) is 0 Å². The Labute approximate surface area is 212 Å². The maximum atomic E-state index is 13.7. The van der Waals surface area contributed by atoms with Crippen LogP contribution in [0, 0.1) is 11.6 Å². The molecule has 1 heterocycles. The van der Waals surface area contributed by atoms with Gasteiger partial charge < -0.3 is 15.3 Å². The number of halogens is 2. The summed E-state index contributed by atoms with van der Waals surface area (Å²) >= 11 is 0. The Bertz CT molecular complexity index is 1230. The first-order valence-electron chi connectivity index (χ1n) is 11.6. The Kier molecular flexibility index (Phi) is 9.53. The van der Waals surface area contributed by atoms with Crippen molar-refractivity contribution in [2.24, 2.45) is 0 Å². The van der Waals surface area contributed by atoms with Crippen LogP contribution in [0.3, 0.4) is 0 Å². The summed E-state index contributed by atoms with van der Waals surface area (Å²) in [7, 11) is 0. The largest absolute Gasteiger partial charge is 0.481 e. The number of carboxylic acids is 1. The number of aliphatic hydroxyl groups excluding tert-OH is 2. The van der Waals surface area contributed by atoms with Crippen molar-refractivity contribution >= 4 is 17.1 Å². The Morgan fingerprint density at radius 2 is 1.54 bits per heavy atom. The number of nitrogens with zero attached hydrogens (tertiary/aromatic N) is 4. The molecule has 0 spiro atoms. The minimum atomic E-state index is -1.18. The maximum Gasteiger partial charge on any atom is 0.305 e. The molecule has 10 heteroatoms. The van der Waals surface area contributed by atoms with E-state index < -0.39 is 36.2 Å². The fraction of sp³-hybridized carbons (Fsp3) is 0.259. The fourth-order valence-electron chi connectivity index (χ4n) is 3.69. The molecule has 0 aliphatic rings. The monoisotopic (exact) mass is 510 g/mol. The summed E-state index contributed by atoms with van der Waals surface area (Å²) in [5, 5.41) is 40.7. The number of carboxylic acid groups (broad SMARTS) is 1. The number of tetrazole rings is 1. The average molecular weight is 511 g/mol. The van der Waals surface area contributed by atoms with Gasteiger partial charge in [0, 0.05) is 12.0 Å². The lowest BCUT2D eigenvalue weighted by Gasteiger charge is -2.15. The molecule has 0 radical (unpaired) electrons. The Hall–Kier alpha value is -4.02. The van der Waals surface area contributed by atoms with E-state index in [2.05, 4.69) is 15.5 Å². The third-order valence-electron chi connectivity index (χ3n) is 5.39. The van der Waals surface area contributed by atoms with Crippen LogP contribution in [0.1, 0.15) is 49.7 Å². The number of aliphatic carboxylic acids is 1. The molecule has 0 fully saturated rings. The van der Waals surface area contributed by atoms with Crippen molar-refractivity contribution in [1.82, 2.24) is 20.2 Å². The second kappa shape index (κ2) is 12.8. The van der Waals surface area contributed by atoms with E-state index in [-0.39, 0.29) is 12.5 Å². The summed E-state index contributed by atoms with van der Waals surface area (Å²) < 4.78 is 29.1. The van der Waals surface area contributed by atoms with Gasteiger partial charge in [-0.1, -0.05) is 48.6 Å². The molecule has 3 aromatic rings. The van der Waals surface area contributed by atoms with Crippen molar-refractivity contribution in [2.75, 3.05) is 0 Å². The van der Waals surface area contributed by atoms with Gasteiger partial charge in [-0.15, -0.1) is 5.10 Å². The molecular weight excluding hydrogens is 482 g/mol. The third-order valence-corrected chi connectivity index (χ3v) is 5.39. The van der Waals surface area contributed by atoms with Gasteiger partial charge in [-0.25, -0.2) is 13.5 Å². The van der Waals surface area contributed by atoms with Gasteiger partial charge in [0.15, 0.2) is 5.82 Å². The fourth-order valence-corrected chi connectivity index (χ4v) is 3.69. The predicted octanol–water partition coefficient (Wildman–Crippen LogP) is 4.19. The summed E-state index contributed by atoms with van der Waals surface area (Å²) in [6.07, 6.45) is 3.45. The lowest BCUT2D eigenvalue weighted by Crippen LogP contribution is -2.19. The Morgan fingerprint density at radius 3 is 2.05 bits per heavy atom. The van der Waals surface area contributed by atoms with E-state index in [4.69, 9.17) is 5.11 Å². The molecule has 0 saturated carbocycles. The molecule has 3 rings (SSSR count). The zero-order valence-corrected chi connectivity index (χ0v) is 20.4. The minimum absolute atomic E-state index is 0.0934. The van der Waals surface area contributed by atoms with E-state index in [0.29, 0.717) is 28.1 Å². The molecule has 3 N–H and O–H groups in total. The van der Waals surface area contributed by atoms with Crippen LogP contribution in [0.25, 0.3) is 11.1 Å². The van der Waals surface area contributed by atoms with Crippen molar-refractivity contribution in [3.63, 3.8) is 0 Å². The normalized spacial score (nSPS) is 13.4. The lowest BCUT2D eigenvalue weighted by atomic mass is 9.92. The summed E-state index contributed by atoms with van der Waals surface area (Å²) in [5.74, 6) is -1.56. The van der Waals surface area contributed by atoms with Crippen LogP contribution >= 0.6 is 0 Å². The van der Waals surface area contributed by atoms with Crippen LogP contribution in [0.2, 0.25) is 0 Å². The molecule has 37 heavy (non-hydrogen) atoms. The first-order valence-corrected chi connectivity index (χ1v) is 11.6. The topological polar surface area (TPSA) is 121 Å². The summed E-state index contributed by atoms with van der Waals surface area (Å²) in [6.45, 7) is 3.82. The van der Waals surface area contributed by atoms with Gasteiger partial charge in [0.05, 0.1) is 24.7 Å². The van der Waals surface area contributed by atoms with Crippen molar-refractivity contribution in [2.45, 2.75) is 44.9 Å². The SMILES string of the molecule is CC(C)n1nnnc1C(/C=C/C=C/C(O)CC(O)CC(=O)O)=C(c1ccc(F)cc1)c1ccc(F)cc1. The van der Waals surface area contributed by atoms with Gasteiger partial charge in [-0.3, -0.25) is 4.79 Å². The zero-order chi connectivity index (χ0) is 26.9. The number of aliphatic hydroxyl groups is 2. The van der Waals surface area contributed by atoms with Crippen LogP contribution in [-0.2, 0) is 4.79 Å². The number of allylic oxidation sites excluding steroid dienone is 4. The first-order chi connectivity index (χ1) is 17.7. The molecule has 2 unspecified atom stereocenters. The number of benzene rings is 2. The lowest BCUT2D eigenvalue weighted by molar-refractivity contribution is -0.139. The molecule has 194 valence electrons. The van der Waals surface area contributed by atoms with Gasteiger partial charge in [-0.05, 0) is 65.2 Å². The molecule has 0 saturated heterocycles. The Morgan fingerprint density at radius 1 is 0.973 bits per heavy atom. The van der Waals surface area contributed by atoms with E-state index in [9.17, 15) is 23.8 Å². The number of rotatable bonds is 11. The van der Waals surface area contributed by atoms with Gasteiger partial charge in [0.25, 0.3) is 0 Å². The highest BCUT2D eigenvalue weighted by atomic mass is 19.1. The molecule has 1 aromatic heterocycles. The molecule has 2 atom stereocenters. The molecule has 0 bridgehead atoms. The molecular formula is C27H28F2N4O4. The highest BCUT2D eigenvalue weighted by Gasteiger charge is 2.19. The number of aromatic nitrogens is 4. The van der Waals surface area contributed by atoms with E-state index in [1.165, 1.54) is 30.3 Å².